The number of halogens is 1. The zero-order valence-corrected chi connectivity index (χ0v) is 20.4. The molecule has 1 unspecified atom stereocenters. The number of hydrogen-bond acceptors (Lipinski definition) is 7. The van der Waals surface area contributed by atoms with E-state index in [0.29, 0.717) is 46.5 Å². The van der Waals surface area contributed by atoms with Crippen LogP contribution in [0, 0.1) is 5.92 Å². The predicted octanol–water partition coefficient (Wildman–Crippen LogP) is 3.93. The standard InChI is InChI=1S/C23H26ClN3O6S/c1-31-19-11-20(32-2)22(34(29,30)27-9-5-6-15(13-27)14-28)10-16(19)23-21(12-25-26-23)33-18-8-4-3-7-17(18)24/h3-4,7-8,10-12,15,28H,5-6,9,13-14H2,1-2H3,(H,25,26). The van der Waals surface area contributed by atoms with Crippen LogP contribution >= 0.6 is 11.6 Å². The van der Waals surface area contributed by atoms with Gasteiger partial charge in [0, 0.05) is 31.3 Å². The van der Waals surface area contributed by atoms with Crippen molar-refractivity contribution in [2.24, 2.45) is 5.92 Å². The van der Waals surface area contributed by atoms with Crippen molar-refractivity contribution in [3.63, 3.8) is 0 Å². The lowest BCUT2D eigenvalue weighted by atomic mass is 10.0. The molecule has 0 bridgehead atoms. The number of benzene rings is 2. The van der Waals surface area contributed by atoms with Gasteiger partial charge in [0.2, 0.25) is 10.0 Å². The van der Waals surface area contributed by atoms with E-state index < -0.39 is 10.0 Å². The number of H-pyrrole nitrogens is 1. The Morgan fingerprint density at radius 1 is 1.15 bits per heavy atom. The molecule has 34 heavy (non-hydrogen) atoms. The molecular weight excluding hydrogens is 482 g/mol. The van der Waals surface area contributed by atoms with Gasteiger partial charge in [-0.25, -0.2) is 8.42 Å². The van der Waals surface area contributed by atoms with Gasteiger partial charge in [-0.05, 0) is 37.0 Å². The summed E-state index contributed by atoms with van der Waals surface area (Å²) in [5.74, 6) is 1.18. The number of nitrogens with one attached hydrogen (secondary N) is 1. The first-order valence-corrected chi connectivity index (χ1v) is 12.5. The van der Waals surface area contributed by atoms with Gasteiger partial charge in [0.15, 0.2) is 5.75 Å². The van der Waals surface area contributed by atoms with Crippen LogP contribution in [-0.2, 0) is 10.0 Å². The Morgan fingerprint density at radius 3 is 2.62 bits per heavy atom. The molecule has 0 aliphatic carbocycles. The molecule has 2 heterocycles. The quantitative estimate of drug-likeness (QED) is 0.474. The molecule has 1 aliphatic heterocycles. The van der Waals surface area contributed by atoms with Crippen LogP contribution in [0.1, 0.15) is 12.8 Å². The third-order valence-corrected chi connectivity index (χ3v) is 7.96. The van der Waals surface area contributed by atoms with Crippen LogP contribution in [-0.4, -0.2) is 61.9 Å². The lowest BCUT2D eigenvalue weighted by molar-refractivity contribution is 0.165. The Morgan fingerprint density at radius 2 is 1.91 bits per heavy atom. The molecule has 11 heteroatoms. The van der Waals surface area contributed by atoms with E-state index in [2.05, 4.69) is 10.2 Å². The minimum absolute atomic E-state index is 0.0175. The molecule has 0 amide bonds. The summed E-state index contributed by atoms with van der Waals surface area (Å²) < 4.78 is 45.5. The molecule has 1 atom stereocenters. The van der Waals surface area contributed by atoms with Crippen molar-refractivity contribution in [1.82, 2.24) is 14.5 Å². The summed E-state index contributed by atoms with van der Waals surface area (Å²) in [6.45, 7) is 0.548. The van der Waals surface area contributed by atoms with E-state index in [0.717, 1.165) is 6.42 Å². The average molecular weight is 508 g/mol. The Kier molecular flexibility index (Phi) is 7.32. The van der Waals surface area contributed by atoms with Crippen LogP contribution in [0.3, 0.4) is 0 Å². The van der Waals surface area contributed by atoms with Crippen LogP contribution in [0.2, 0.25) is 5.02 Å². The maximum absolute atomic E-state index is 13.6. The van der Waals surface area contributed by atoms with Gasteiger partial charge in [-0.3, -0.25) is 5.10 Å². The maximum atomic E-state index is 13.6. The van der Waals surface area contributed by atoms with Crippen LogP contribution in [0.5, 0.6) is 23.0 Å². The first kappa shape index (κ1) is 24.3. The second-order valence-electron chi connectivity index (χ2n) is 7.89. The molecule has 9 nitrogen and oxygen atoms in total. The summed E-state index contributed by atoms with van der Waals surface area (Å²) in [5.41, 5.74) is 0.753. The zero-order valence-electron chi connectivity index (χ0n) is 18.8. The van der Waals surface area contributed by atoms with Gasteiger partial charge < -0.3 is 19.3 Å². The summed E-state index contributed by atoms with van der Waals surface area (Å²) in [6, 6.07) is 9.99. The van der Waals surface area contributed by atoms with Gasteiger partial charge in [-0.1, -0.05) is 23.7 Å². The molecule has 1 aliphatic rings. The van der Waals surface area contributed by atoms with Crippen LogP contribution < -0.4 is 14.2 Å². The third kappa shape index (κ3) is 4.72. The van der Waals surface area contributed by atoms with Gasteiger partial charge in [-0.2, -0.15) is 9.40 Å². The summed E-state index contributed by atoms with van der Waals surface area (Å²) in [5, 5.41) is 17.0. The van der Waals surface area contributed by atoms with E-state index in [4.69, 9.17) is 25.8 Å². The van der Waals surface area contributed by atoms with Gasteiger partial charge >= 0.3 is 0 Å². The molecular formula is C23H26ClN3O6S. The second-order valence-corrected chi connectivity index (χ2v) is 10.2. The molecule has 2 aromatic carbocycles. The van der Waals surface area contributed by atoms with Gasteiger partial charge in [0.25, 0.3) is 0 Å². The monoisotopic (exact) mass is 507 g/mol. The smallest absolute Gasteiger partial charge is 0.246 e. The van der Waals surface area contributed by atoms with Crippen molar-refractivity contribution >= 4 is 21.6 Å². The van der Waals surface area contributed by atoms with Crippen molar-refractivity contribution in [2.45, 2.75) is 17.7 Å². The number of para-hydroxylation sites is 1. The SMILES string of the molecule is COc1cc(OC)c(S(=O)(=O)N2CCCC(CO)C2)cc1-c1n[nH]cc1Oc1ccccc1Cl. The molecule has 2 N–H and O–H groups in total. The lowest BCUT2D eigenvalue weighted by Crippen LogP contribution is -2.41. The summed E-state index contributed by atoms with van der Waals surface area (Å²) in [6.07, 6.45) is 3.00. The van der Waals surface area contributed by atoms with Gasteiger partial charge in [0.1, 0.15) is 27.8 Å². The fourth-order valence-electron chi connectivity index (χ4n) is 3.99. The predicted molar refractivity (Wildman–Crippen MR) is 127 cm³/mol. The van der Waals surface area contributed by atoms with E-state index in [1.165, 1.54) is 30.7 Å². The first-order valence-electron chi connectivity index (χ1n) is 10.7. The van der Waals surface area contributed by atoms with Crippen molar-refractivity contribution < 1.29 is 27.7 Å². The fraction of sp³-hybridized carbons (Fsp3) is 0.348. The normalized spacial score (nSPS) is 16.9. The molecule has 1 aromatic heterocycles. The Labute approximate surface area is 203 Å². The minimum atomic E-state index is -3.92. The van der Waals surface area contributed by atoms with Crippen LogP contribution in [0.15, 0.2) is 47.5 Å². The van der Waals surface area contributed by atoms with Gasteiger partial charge in [0.05, 0.1) is 25.4 Å². The number of nitrogens with zero attached hydrogens (tertiary/aromatic N) is 2. The highest BCUT2D eigenvalue weighted by molar-refractivity contribution is 7.89. The number of hydrogen-bond donors (Lipinski definition) is 2. The van der Waals surface area contributed by atoms with E-state index >= 15 is 0 Å². The Balaban J connectivity index is 1.79. The molecule has 3 aromatic rings. The number of rotatable bonds is 8. The molecule has 0 saturated carbocycles. The fourth-order valence-corrected chi connectivity index (χ4v) is 5.88. The molecule has 1 saturated heterocycles. The highest BCUT2D eigenvalue weighted by Crippen LogP contribution is 2.43. The van der Waals surface area contributed by atoms with E-state index in [9.17, 15) is 13.5 Å². The van der Waals surface area contributed by atoms with Gasteiger partial charge in [-0.15, -0.1) is 0 Å². The van der Waals surface area contributed by atoms with Crippen LogP contribution in [0.4, 0.5) is 0 Å². The minimum Gasteiger partial charge on any atom is -0.496 e. The van der Waals surface area contributed by atoms with E-state index in [-0.39, 0.29) is 29.7 Å². The maximum Gasteiger partial charge on any atom is 0.246 e. The molecule has 182 valence electrons. The number of piperidine rings is 1. The first-order chi connectivity index (χ1) is 16.4. The number of aromatic nitrogens is 2. The molecule has 0 radical (unpaired) electrons. The number of aliphatic hydroxyl groups excluding tert-OH is 1. The topological polar surface area (TPSA) is 114 Å². The summed E-state index contributed by atoms with van der Waals surface area (Å²) in [7, 11) is -1.04. The van der Waals surface area contributed by atoms with Crippen molar-refractivity contribution in [1.29, 1.82) is 0 Å². The Bertz CT molecular complexity index is 1260. The number of aliphatic hydroxyl groups is 1. The van der Waals surface area contributed by atoms with Crippen molar-refractivity contribution in [3.05, 3.63) is 47.6 Å². The number of ether oxygens (including phenoxy) is 3. The lowest BCUT2D eigenvalue weighted by Gasteiger charge is -2.31. The highest BCUT2D eigenvalue weighted by atomic mass is 35.5. The Hall–Kier alpha value is -2.79. The highest BCUT2D eigenvalue weighted by Gasteiger charge is 2.33. The van der Waals surface area contributed by atoms with Crippen LogP contribution in [0.25, 0.3) is 11.3 Å². The largest absolute Gasteiger partial charge is 0.496 e. The molecule has 0 spiro atoms. The number of methoxy groups -OCH3 is 2. The zero-order chi connectivity index (χ0) is 24.3. The van der Waals surface area contributed by atoms with Crippen molar-refractivity contribution in [3.8, 4) is 34.3 Å². The second kappa shape index (κ2) is 10.2. The number of aromatic amines is 1. The summed E-state index contributed by atoms with van der Waals surface area (Å²) in [4.78, 5) is -0.0175. The van der Waals surface area contributed by atoms with Crippen molar-refractivity contribution in [2.75, 3.05) is 33.9 Å². The average Bonchev–Trinajstić information content (AvgIpc) is 3.32. The molecule has 4 rings (SSSR count). The van der Waals surface area contributed by atoms with E-state index in [1.807, 2.05) is 0 Å². The summed E-state index contributed by atoms with van der Waals surface area (Å²) >= 11 is 6.23. The molecule has 1 fully saturated rings. The number of sulfonamides is 1. The third-order valence-electron chi connectivity index (χ3n) is 5.76. The van der Waals surface area contributed by atoms with E-state index in [1.54, 1.807) is 30.5 Å².